The first-order chi connectivity index (χ1) is 23.0. The van der Waals surface area contributed by atoms with Gasteiger partial charge in [0.05, 0.1) is 5.65 Å². The van der Waals surface area contributed by atoms with Crippen LogP contribution in [0.25, 0.3) is 49.3 Å². The van der Waals surface area contributed by atoms with Crippen molar-refractivity contribution in [2.24, 2.45) is 0 Å². The van der Waals surface area contributed by atoms with E-state index in [-0.39, 0.29) is 21.1 Å². The van der Waals surface area contributed by atoms with E-state index in [0.29, 0.717) is 11.5 Å². The first kappa shape index (κ1) is 28.9. The summed E-state index contributed by atoms with van der Waals surface area (Å²) >= 11 is 0. The molecule has 0 bridgehead atoms. The van der Waals surface area contributed by atoms with Gasteiger partial charge in [-0.15, -0.1) is 30.3 Å². The molecule has 0 spiro atoms. The molecule has 4 aromatic heterocycles. The second kappa shape index (κ2) is 10.6. The van der Waals surface area contributed by atoms with Crippen molar-refractivity contribution in [3.63, 3.8) is 0 Å². The number of para-hydroxylation sites is 2. The number of aromatic nitrogens is 3. The summed E-state index contributed by atoms with van der Waals surface area (Å²) in [5.74, 6) is 2.11. The molecule has 0 unspecified atom stereocenters. The van der Waals surface area contributed by atoms with Crippen LogP contribution < -0.4 is 20.0 Å². The van der Waals surface area contributed by atoms with E-state index in [1.54, 1.807) is 0 Å². The number of benzene rings is 5. The molecule has 0 saturated heterocycles. The number of imidazole rings is 1. The molecule has 0 atom stereocenters. The van der Waals surface area contributed by atoms with Crippen molar-refractivity contribution in [3.8, 4) is 11.5 Å². The Hall–Kier alpha value is -5.23. The van der Waals surface area contributed by atoms with Gasteiger partial charge in [-0.2, -0.15) is 6.07 Å². The Bertz CT molecular complexity index is 2730. The van der Waals surface area contributed by atoms with E-state index in [1.807, 2.05) is 55.0 Å². The van der Waals surface area contributed by atoms with E-state index in [2.05, 4.69) is 106 Å². The summed E-state index contributed by atoms with van der Waals surface area (Å²) < 4.78 is 15.0. The van der Waals surface area contributed by atoms with Crippen molar-refractivity contribution in [2.75, 3.05) is 4.90 Å². The number of pyridine rings is 2. The molecule has 0 amide bonds. The van der Waals surface area contributed by atoms with Crippen LogP contribution in [0.15, 0.2) is 126 Å². The number of hydrogen-bond donors (Lipinski definition) is 0. The van der Waals surface area contributed by atoms with Gasteiger partial charge < -0.3 is 18.5 Å². The molecule has 9 aromatic rings. The topological polar surface area (TPSA) is 55.8 Å². The van der Waals surface area contributed by atoms with Crippen LogP contribution >= 0.6 is 0 Å². The van der Waals surface area contributed by atoms with E-state index < -0.39 is 8.07 Å². The molecule has 5 aromatic carbocycles. The Balaban J connectivity index is 0.00000314. The van der Waals surface area contributed by atoms with Gasteiger partial charge in [-0.05, 0) is 40.0 Å². The molecule has 232 valence electrons. The number of nitrogens with zero attached hydrogens (tertiary/aromatic N) is 4. The summed E-state index contributed by atoms with van der Waals surface area (Å²) in [6.45, 7) is 4.80. The fourth-order valence-corrected chi connectivity index (χ4v) is 10.2. The molecular weight excluding hydrogens is 792 g/mol. The molecule has 10 rings (SSSR count). The van der Waals surface area contributed by atoms with Crippen LogP contribution in [0, 0.1) is 12.1 Å². The van der Waals surface area contributed by atoms with Gasteiger partial charge in [0, 0.05) is 58.1 Å². The molecule has 0 radical (unpaired) electrons. The summed E-state index contributed by atoms with van der Waals surface area (Å²) in [4.78, 5) is 11.8. The van der Waals surface area contributed by atoms with E-state index in [9.17, 15) is 0 Å². The third-order valence-corrected chi connectivity index (χ3v) is 13.0. The van der Waals surface area contributed by atoms with Gasteiger partial charge in [-0.3, -0.25) is 4.98 Å². The van der Waals surface area contributed by atoms with Gasteiger partial charge in [-0.25, -0.2) is 4.98 Å². The van der Waals surface area contributed by atoms with Crippen molar-refractivity contribution in [3.05, 3.63) is 134 Å². The molecule has 0 N–H and O–H groups in total. The van der Waals surface area contributed by atoms with Gasteiger partial charge in [0.25, 0.3) is 0 Å². The van der Waals surface area contributed by atoms with Crippen LogP contribution in [0.1, 0.15) is 0 Å². The number of rotatable bonds is 3. The Morgan fingerprint density at radius 2 is 1.52 bits per heavy atom. The van der Waals surface area contributed by atoms with E-state index in [1.165, 1.54) is 10.4 Å². The molecule has 0 aliphatic carbocycles. The van der Waals surface area contributed by atoms with Crippen LogP contribution in [0.5, 0.6) is 11.5 Å². The van der Waals surface area contributed by atoms with Gasteiger partial charge in [0.1, 0.15) is 25.1 Å². The average molecular weight is 818 g/mol. The average Bonchev–Trinajstić information content (AvgIpc) is 3.74. The predicted octanol–water partition coefficient (Wildman–Crippen LogP) is 8.93. The second-order valence-electron chi connectivity index (χ2n) is 12.6. The minimum Gasteiger partial charge on any atom is -0.503 e. The first-order valence-electron chi connectivity index (χ1n) is 15.7. The molecular formula is C40H26N4O2PtSi. The summed E-state index contributed by atoms with van der Waals surface area (Å²) in [6.07, 6.45) is 5.68. The summed E-state index contributed by atoms with van der Waals surface area (Å²) in [5, 5.41) is 8.01. The SMILES string of the molecule is C[Si]1(C)c2cc3c(cc2N(c2[c-]c(Oc4[c-]c5c(cc4)c4ccccc4n4ccnc54)ccc2)c2ncccc21)oc1ccccc13.[Pt+2]. The van der Waals surface area contributed by atoms with Crippen LogP contribution in [0.2, 0.25) is 13.1 Å². The van der Waals surface area contributed by atoms with Gasteiger partial charge in [-0.1, -0.05) is 78.1 Å². The fraction of sp³-hybridized carbons (Fsp3) is 0.0500. The van der Waals surface area contributed by atoms with Crippen LogP contribution in [-0.4, -0.2) is 22.4 Å². The van der Waals surface area contributed by atoms with Crippen molar-refractivity contribution in [1.82, 2.24) is 14.4 Å². The van der Waals surface area contributed by atoms with Crippen molar-refractivity contribution in [2.45, 2.75) is 13.1 Å². The Kier molecular flexibility index (Phi) is 6.42. The Labute approximate surface area is 291 Å². The molecule has 5 heterocycles. The summed E-state index contributed by atoms with van der Waals surface area (Å²) in [7, 11) is -2.13. The maximum absolute atomic E-state index is 6.48. The number of fused-ring (bicyclic) bond motifs is 11. The van der Waals surface area contributed by atoms with E-state index in [4.69, 9.17) is 14.1 Å². The standard InChI is InChI=1S/C40H26N4O2Si.Pt/c1-47(2)37-15-8-18-41-40(37)44(34-24-36-31(23-38(34)47)30-12-4-6-14-35(30)46-36)25-9-7-10-26(21-25)45-27-16-17-28-29-11-3-5-13-33(29)43-20-19-42-39(43)32(28)22-27;/h3-20,23-24H,1-2H3;/q-2;+2. The zero-order valence-electron chi connectivity index (χ0n) is 26.0. The third kappa shape index (κ3) is 4.14. The molecule has 48 heavy (non-hydrogen) atoms. The fourth-order valence-electron chi connectivity index (χ4n) is 7.29. The molecule has 0 saturated carbocycles. The van der Waals surface area contributed by atoms with Gasteiger partial charge >= 0.3 is 21.1 Å². The Morgan fingerprint density at radius 3 is 2.44 bits per heavy atom. The zero-order valence-corrected chi connectivity index (χ0v) is 29.2. The number of ether oxygens (including phenoxy) is 1. The quantitative estimate of drug-likeness (QED) is 0.101. The molecule has 1 aliphatic heterocycles. The van der Waals surface area contributed by atoms with E-state index >= 15 is 0 Å². The van der Waals surface area contributed by atoms with Gasteiger partial charge in [0.2, 0.25) is 0 Å². The number of anilines is 3. The summed E-state index contributed by atoms with van der Waals surface area (Å²) in [5.41, 5.74) is 5.61. The zero-order chi connectivity index (χ0) is 31.3. The van der Waals surface area contributed by atoms with Crippen molar-refractivity contribution in [1.29, 1.82) is 0 Å². The van der Waals surface area contributed by atoms with E-state index in [0.717, 1.165) is 66.5 Å². The van der Waals surface area contributed by atoms with Crippen LogP contribution in [0.3, 0.4) is 0 Å². The van der Waals surface area contributed by atoms with Gasteiger partial charge in [0.15, 0.2) is 0 Å². The number of furan rings is 1. The molecule has 8 heteroatoms. The minimum absolute atomic E-state index is 0. The molecule has 0 fully saturated rings. The number of hydrogen-bond acceptors (Lipinski definition) is 5. The van der Waals surface area contributed by atoms with Crippen molar-refractivity contribution >= 4 is 84.9 Å². The third-order valence-electron chi connectivity index (χ3n) is 9.53. The van der Waals surface area contributed by atoms with Crippen molar-refractivity contribution < 1.29 is 30.2 Å². The van der Waals surface area contributed by atoms with Crippen LogP contribution in [0.4, 0.5) is 17.2 Å². The smallest absolute Gasteiger partial charge is 0.503 e. The first-order valence-corrected chi connectivity index (χ1v) is 18.7. The molecule has 6 nitrogen and oxygen atoms in total. The Morgan fingerprint density at radius 1 is 0.688 bits per heavy atom. The van der Waals surface area contributed by atoms with Crippen LogP contribution in [-0.2, 0) is 21.1 Å². The largest absolute Gasteiger partial charge is 2.00 e. The summed E-state index contributed by atoms with van der Waals surface area (Å²) in [6, 6.07) is 42.5. The predicted molar refractivity (Wildman–Crippen MR) is 191 cm³/mol. The monoisotopic (exact) mass is 817 g/mol. The maximum Gasteiger partial charge on any atom is 2.00 e. The normalized spacial score (nSPS) is 13.6. The second-order valence-corrected chi connectivity index (χ2v) is 16.9. The maximum atomic E-state index is 6.48. The molecule has 1 aliphatic rings. The minimum atomic E-state index is -2.13.